The van der Waals surface area contributed by atoms with Gasteiger partial charge in [-0.15, -0.1) is 11.3 Å². The molecular formula is C8H10N4S. The average Bonchev–Trinajstić information content (AvgIpc) is 2.76. The Labute approximate surface area is 79.8 Å². The van der Waals surface area contributed by atoms with Gasteiger partial charge in [0.2, 0.25) is 0 Å². The van der Waals surface area contributed by atoms with Crippen molar-refractivity contribution in [2.24, 2.45) is 5.73 Å². The zero-order chi connectivity index (χ0) is 9.10. The fourth-order valence-electron chi connectivity index (χ4n) is 1.06. The van der Waals surface area contributed by atoms with Gasteiger partial charge in [0.1, 0.15) is 0 Å². The minimum absolute atomic E-state index is 0.466. The predicted molar refractivity (Wildman–Crippen MR) is 54.1 cm³/mol. The minimum atomic E-state index is 0.466. The van der Waals surface area contributed by atoms with Gasteiger partial charge in [0.05, 0.1) is 22.6 Å². The number of nitrogens with zero attached hydrogens (tertiary/aromatic N) is 1. The van der Waals surface area contributed by atoms with Gasteiger partial charge in [-0.2, -0.15) is 5.10 Å². The van der Waals surface area contributed by atoms with Crippen LogP contribution in [0.5, 0.6) is 0 Å². The van der Waals surface area contributed by atoms with Crippen LogP contribution in [0.2, 0.25) is 0 Å². The molecule has 13 heavy (non-hydrogen) atoms. The van der Waals surface area contributed by atoms with E-state index in [0.717, 1.165) is 16.4 Å². The molecule has 0 saturated heterocycles. The highest BCUT2D eigenvalue weighted by molar-refractivity contribution is 7.14. The highest BCUT2D eigenvalue weighted by atomic mass is 32.1. The second-order valence-corrected chi connectivity index (χ2v) is 3.52. The third kappa shape index (κ3) is 1.71. The summed E-state index contributed by atoms with van der Waals surface area (Å²) in [5.74, 6) is 0. The normalized spacial score (nSPS) is 10.2. The van der Waals surface area contributed by atoms with Crippen LogP contribution in [0.15, 0.2) is 23.7 Å². The number of aromatic nitrogens is 2. The molecule has 0 saturated carbocycles. The Hall–Kier alpha value is -1.33. The van der Waals surface area contributed by atoms with Gasteiger partial charge in [-0.05, 0) is 17.5 Å². The SMILES string of the molecule is NCc1[nH]ncc1Nc1cccs1. The molecule has 2 aromatic rings. The summed E-state index contributed by atoms with van der Waals surface area (Å²) in [4.78, 5) is 0. The first-order chi connectivity index (χ1) is 6.40. The first kappa shape index (κ1) is 8.28. The molecule has 2 rings (SSSR count). The van der Waals surface area contributed by atoms with Crippen LogP contribution in [-0.4, -0.2) is 10.2 Å². The van der Waals surface area contributed by atoms with Crippen LogP contribution in [0.4, 0.5) is 10.7 Å². The number of rotatable bonds is 3. The Bertz CT molecular complexity index is 365. The van der Waals surface area contributed by atoms with E-state index in [9.17, 15) is 0 Å². The van der Waals surface area contributed by atoms with E-state index >= 15 is 0 Å². The van der Waals surface area contributed by atoms with Gasteiger partial charge < -0.3 is 11.1 Å². The highest BCUT2D eigenvalue weighted by Crippen LogP contribution is 2.22. The van der Waals surface area contributed by atoms with Crippen LogP contribution in [0.3, 0.4) is 0 Å². The maximum absolute atomic E-state index is 5.52. The summed E-state index contributed by atoms with van der Waals surface area (Å²) >= 11 is 1.65. The predicted octanol–water partition coefficient (Wildman–Crippen LogP) is 1.67. The molecule has 0 amide bonds. The summed E-state index contributed by atoms with van der Waals surface area (Å²) in [6.07, 6.45) is 1.74. The lowest BCUT2D eigenvalue weighted by Crippen LogP contribution is -2.00. The number of hydrogen-bond acceptors (Lipinski definition) is 4. The molecule has 0 aliphatic heterocycles. The number of aromatic amines is 1. The fraction of sp³-hybridized carbons (Fsp3) is 0.125. The molecule has 0 fully saturated rings. The molecule has 0 spiro atoms. The average molecular weight is 194 g/mol. The fourth-order valence-corrected chi connectivity index (χ4v) is 1.69. The van der Waals surface area contributed by atoms with Gasteiger partial charge in [0.15, 0.2) is 0 Å². The highest BCUT2D eigenvalue weighted by Gasteiger charge is 2.02. The van der Waals surface area contributed by atoms with Crippen molar-refractivity contribution >= 4 is 22.0 Å². The number of hydrogen-bond donors (Lipinski definition) is 3. The van der Waals surface area contributed by atoms with Gasteiger partial charge in [-0.3, -0.25) is 5.10 Å². The third-order valence-electron chi connectivity index (χ3n) is 1.70. The van der Waals surface area contributed by atoms with Crippen LogP contribution in [0.1, 0.15) is 5.69 Å². The molecule has 0 unspecified atom stereocenters. The van der Waals surface area contributed by atoms with Gasteiger partial charge in [-0.25, -0.2) is 0 Å². The van der Waals surface area contributed by atoms with E-state index in [4.69, 9.17) is 5.73 Å². The first-order valence-electron chi connectivity index (χ1n) is 3.93. The molecule has 5 heteroatoms. The molecule has 0 bridgehead atoms. The van der Waals surface area contributed by atoms with E-state index in [0.29, 0.717) is 6.54 Å². The molecule has 0 aliphatic carbocycles. The molecule has 4 nitrogen and oxygen atoms in total. The summed E-state index contributed by atoms with van der Waals surface area (Å²) in [5.41, 5.74) is 7.39. The molecule has 2 heterocycles. The van der Waals surface area contributed by atoms with E-state index in [1.165, 1.54) is 0 Å². The Morgan fingerprint density at radius 3 is 3.23 bits per heavy atom. The van der Waals surface area contributed by atoms with Gasteiger partial charge in [-0.1, -0.05) is 0 Å². The van der Waals surface area contributed by atoms with Crippen molar-refractivity contribution in [1.82, 2.24) is 10.2 Å². The largest absolute Gasteiger partial charge is 0.344 e. The van der Waals surface area contributed by atoms with E-state index in [2.05, 4.69) is 15.5 Å². The van der Waals surface area contributed by atoms with Crippen LogP contribution in [0, 0.1) is 0 Å². The maximum atomic E-state index is 5.52. The quantitative estimate of drug-likeness (QED) is 0.696. The first-order valence-corrected chi connectivity index (χ1v) is 4.81. The second-order valence-electron chi connectivity index (χ2n) is 2.57. The Morgan fingerprint density at radius 1 is 1.62 bits per heavy atom. The molecule has 4 N–H and O–H groups in total. The molecule has 0 aromatic carbocycles. The van der Waals surface area contributed by atoms with Crippen molar-refractivity contribution in [1.29, 1.82) is 0 Å². The monoisotopic (exact) mass is 194 g/mol. The van der Waals surface area contributed by atoms with Crippen molar-refractivity contribution in [3.8, 4) is 0 Å². The number of nitrogens with one attached hydrogen (secondary N) is 2. The lowest BCUT2D eigenvalue weighted by atomic mass is 10.4. The molecule has 68 valence electrons. The topological polar surface area (TPSA) is 66.7 Å². The lowest BCUT2D eigenvalue weighted by Gasteiger charge is -2.01. The van der Waals surface area contributed by atoms with Crippen LogP contribution in [-0.2, 0) is 6.54 Å². The molecule has 0 radical (unpaired) electrons. The zero-order valence-corrected chi connectivity index (χ0v) is 7.77. The maximum Gasteiger partial charge on any atom is 0.0927 e. The number of anilines is 2. The summed E-state index contributed by atoms with van der Waals surface area (Å²) in [5, 5.41) is 13.1. The van der Waals surface area contributed by atoms with Crippen molar-refractivity contribution in [2.75, 3.05) is 5.32 Å². The molecular weight excluding hydrogens is 184 g/mol. The Morgan fingerprint density at radius 2 is 2.54 bits per heavy atom. The Kier molecular flexibility index (Phi) is 2.29. The number of thiophene rings is 1. The lowest BCUT2D eigenvalue weighted by molar-refractivity contribution is 0.948. The van der Waals surface area contributed by atoms with E-state index in [1.54, 1.807) is 17.5 Å². The molecule has 0 aliphatic rings. The van der Waals surface area contributed by atoms with Crippen LogP contribution >= 0.6 is 11.3 Å². The molecule has 0 atom stereocenters. The van der Waals surface area contributed by atoms with Gasteiger partial charge in [0.25, 0.3) is 0 Å². The zero-order valence-electron chi connectivity index (χ0n) is 6.95. The van der Waals surface area contributed by atoms with Crippen molar-refractivity contribution in [3.63, 3.8) is 0 Å². The van der Waals surface area contributed by atoms with E-state index < -0.39 is 0 Å². The Balaban J connectivity index is 2.18. The summed E-state index contributed by atoms with van der Waals surface area (Å²) in [6.45, 7) is 0.466. The molecule has 2 aromatic heterocycles. The summed E-state index contributed by atoms with van der Waals surface area (Å²) < 4.78 is 0. The van der Waals surface area contributed by atoms with Crippen molar-refractivity contribution < 1.29 is 0 Å². The smallest absolute Gasteiger partial charge is 0.0927 e. The third-order valence-corrected chi connectivity index (χ3v) is 2.49. The second kappa shape index (κ2) is 3.59. The number of nitrogens with two attached hydrogens (primary N) is 1. The van der Waals surface area contributed by atoms with Crippen LogP contribution < -0.4 is 11.1 Å². The van der Waals surface area contributed by atoms with Crippen molar-refractivity contribution in [2.45, 2.75) is 6.54 Å². The van der Waals surface area contributed by atoms with Gasteiger partial charge >= 0.3 is 0 Å². The summed E-state index contributed by atoms with van der Waals surface area (Å²) in [6, 6.07) is 4.01. The van der Waals surface area contributed by atoms with Gasteiger partial charge in [0, 0.05) is 6.54 Å². The van der Waals surface area contributed by atoms with E-state index in [1.807, 2.05) is 17.5 Å². The number of H-pyrrole nitrogens is 1. The standard InChI is InChI=1S/C8H10N4S/c9-4-6-7(5-10-12-6)11-8-2-1-3-13-8/h1-3,5,11H,4,9H2,(H,10,12). The van der Waals surface area contributed by atoms with Crippen LogP contribution in [0.25, 0.3) is 0 Å². The summed E-state index contributed by atoms with van der Waals surface area (Å²) in [7, 11) is 0. The minimum Gasteiger partial charge on any atom is -0.344 e. The van der Waals surface area contributed by atoms with E-state index in [-0.39, 0.29) is 0 Å². The van der Waals surface area contributed by atoms with Crippen molar-refractivity contribution in [3.05, 3.63) is 29.4 Å².